The van der Waals surface area contributed by atoms with Gasteiger partial charge in [-0.3, -0.25) is 5.10 Å². The first-order valence-electron chi connectivity index (χ1n) is 3.43. The molecule has 0 saturated heterocycles. The second kappa shape index (κ2) is 2.20. The van der Waals surface area contributed by atoms with Crippen molar-refractivity contribution in [2.75, 3.05) is 0 Å². The SMILES string of the molecule is Cc1cc([Si])cc2cn[nH]c12. The molecule has 2 nitrogen and oxygen atoms in total. The molecule has 2 rings (SSSR count). The summed E-state index contributed by atoms with van der Waals surface area (Å²) in [6, 6.07) is 4.11. The van der Waals surface area contributed by atoms with Crippen molar-refractivity contribution in [2.45, 2.75) is 6.92 Å². The summed E-state index contributed by atoms with van der Waals surface area (Å²) in [4.78, 5) is 0. The monoisotopic (exact) mass is 159 g/mol. The van der Waals surface area contributed by atoms with Gasteiger partial charge >= 0.3 is 0 Å². The van der Waals surface area contributed by atoms with Gasteiger partial charge in [0.1, 0.15) is 0 Å². The highest BCUT2D eigenvalue weighted by Gasteiger charge is 1.98. The van der Waals surface area contributed by atoms with Crippen LogP contribution in [-0.4, -0.2) is 20.4 Å². The van der Waals surface area contributed by atoms with E-state index in [4.69, 9.17) is 0 Å². The maximum absolute atomic E-state index is 3.96. The summed E-state index contributed by atoms with van der Waals surface area (Å²) in [7, 11) is 3.48. The molecule has 1 aromatic heterocycles. The summed E-state index contributed by atoms with van der Waals surface area (Å²) in [6.07, 6.45) is 1.83. The summed E-state index contributed by atoms with van der Waals surface area (Å²) >= 11 is 0. The molecule has 3 radical (unpaired) electrons. The Morgan fingerprint density at radius 3 is 3.09 bits per heavy atom. The minimum absolute atomic E-state index is 1.09. The summed E-state index contributed by atoms with van der Waals surface area (Å²) in [5.74, 6) is 0. The zero-order valence-corrected chi connectivity index (χ0v) is 7.18. The average Bonchev–Trinajstić information content (AvgIpc) is 2.34. The van der Waals surface area contributed by atoms with Crippen molar-refractivity contribution in [3.8, 4) is 0 Å². The van der Waals surface area contributed by atoms with Gasteiger partial charge in [0.25, 0.3) is 0 Å². The largest absolute Gasteiger partial charge is 0.278 e. The third-order valence-corrected chi connectivity index (χ3v) is 2.03. The van der Waals surface area contributed by atoms with E-state index in [9.17, 15) is 0 Å². The number of H-pyrrole nitrogens is 1. The average molecular weight is 159 g/mol. The summed E-state index contributed by atoms with van der Waals surface area (Å²) in [5.41, 5.74) is 2.33. The van der Waals surface area contributed by atoms with Crippen LogP contribution in [0.4, 0.5) is 0 Å². The molecular formula is C8H7N2Si. The molecule has 1 N–H and O–H groups in total. The molecule has 1 aromatic carbocycles. The fraction of sp³-hybridized carbons (Fsp3) is 0.125. The molecule has 0 bridgehead atoms. The molecule has 0 aliphatic heterocycles. The van der Waals surface area contributed by atoms with Crippen molar-refractivity contribution >= 4 is 26.3 Å². The first-order chi connectivity index (χ1) is 5.27. The number of aromatic amines is 1. The molecule has 3 heteroatoms. The molecular weight excluding hydrogens is 152 g/mol. The van der Waals surface area contributed by atoms with E-state index in [2.05, 4.69) is 33.4 Å². The Bertz CT molecular complexity index is 392. The second-order valence-electron chi connectivity index (χ2n) is 2.63. The highest BCUT2D eigenvalue weighted by atomic mass is 28.1. The van der Waals surface area contributed by atoms with E-state index >= 15 is 0 Å². The quantitative estimate of drug-likeness (QED) is 0.562. The molecule has 0 spiro atoms. The molecule has 0 unspecified atom stereocenters. The fourth-order valence-electron chi connectivity index (χ4n) is 1.24. The molecule has 0 aliphatic rings. The zero-order chi connectivity index (χ0) is 7.84. The van der Waals surface area contributed by atoms with Crippen molar-refractivity contribution < 1.29 is 0 Å². The van der Waals surface area contributed by atoms with Crippen molar-refractivity contribution in [2.24, 2.45) is 0 Å². The van der Waals surface area contributed by atoms with Gasteiger partial charge in [-0.1, -0.05) is 17.3 Å². The normalized spacial score (nSPS) is 10.7. The predicted molar refractivity (Wildman–Crippen MR) is 46.2 cm³/mol. The number of rotatable bonds is 0. The number of aromatic nitrogens is 2. The van der Waals surface area contributed by atoms with Gasteiger partial charge in [-0.05, 0) is 12.5 Å². The Labute approximate surface area is 68.0 Å². The van der Waals surface area contributed by atoms with E-state index in [0.717, 1.165) is 16.1 Å². The lowest BCUT2D eigenvalue weighted by Crippen LogP contribution is -2.01. The number of nitrogens with zero attached hydrogens (tertiary/aromatic N) is 1. The van der Waals surface area contributed by atoms with E-state index in [1.807, 2.05) is 12.3 Å². The van der Waals surface area contributed by atoms with Crippen LogP contribution in [-0.2, 0) is 0 Å². The van der Waals surface area contributed by atoms with Gasteiger partial charge < -0.3 is 0 Å². The van der Waals surface area contributed by atoms with Gasteiger partial charge in [-0.2, -0.15) is 5.10 Å². The Balaban J connectivity index is 2.91. The molecule has 0 saturated carbocycles. The maximum Gasteiger partial charge on any atom is 0.0712 e. The number of fused-ring (bicyclic) bond motifs is 1. The van der Waals surface area contributed by atoms with Gasteiger partial charge in [-0.25, -0.2) is 0 Å². The van der Waals surface area contributed by atoms with Crippen molar-refractivity contribution in [3.63, 3.8) is 0 Å². The van der Waals surface area contributed by atoms with Crippen LogP contribution in [0.2, 0.25) is 0 Å². The van der Waals surface area contributed by atoms with Crippen molar-refractivity contribution in [3.05, 3.63) is 23.9 Å². The molecule has 0 atom stereocenters. The molecule has 11 heavy (non-hydrogen) atoms. The Hall–Kier alpha value is -1.09. The highest BCUT2D eigenvalue weighted by Crippen LogP contribution is 2.11. The highest BCUT2D eigenvalue weighted by molar-refractivity contribution is 6.33. The van der Waals surface area contributed by atoms with E-state index in [0.29, 0.717) is 0 Å². The molecule has 0 fully saturated rings. The summed E-state index contributed by atoms with van der Waals surface area (Å²) < 4.78 is 0. The van der Waals surface area contributed by atoms with Crippen LogP contribution in [0.25, 0.3) is 10.9 Å². The van der Waals surface area contributed by atoms with Crippen molar-refractivity contribution in [1.29, 1.82) is 0 Å². The van der Waals surface area contributed by atoms with Crippen LogP contribution in [0.5, 0.6) is 0 Å². The Kier molecular flexibility index (Phi) is 1.32. The minimum atomic E-state index is 1.09. The van der Waals surface area contributed by atoms with Gasteiger partial charge in [-0.15, -0.1) is 0 Å². The van der Waals surface area contributed by atoms with Crippen LogP contribution in [0.1, 0.15) is 5.56 Å². The van der Waals surface area contributed by atoms with Gasteiger partial charge in [0.05, 0.1) is 22.0 Å². The van der Waals surface area contributed by atoms with E-state index < -0.39 is 0 Å². The number of aryl methyl sites for hydroxylation is 1. The van der Waals surface area contributed by atoms with Crippen LogP contribution in [0, 0.1) is 6.92 Å². The fourth-order valence-corrected chi connectivity index (χ4v) is 1.61. The summed E-state index contributed by atoms with van der Waals surface area (Å²) in [5, 5.41) is 9.14. The lowest BCUT2D eigenvalue weighted by molar-refractivity contribution is 1.11. The Morgan fingerprint density at radius 2 is 2.27 bits per heavy atom. The van der Waals surface area contributed by atoms with Crippen LogP contribution in [0.3, 0.4) is 0 Å². The van der Waals surface area contributed by atoms with E-state index in [1.54, 1.807) is 0 Å². The van der Waals surface area contributed by atoms with Crippen LogP contribution >= 0.6 is 0 Å². The molecule has 2 aromatic rings. The van der Waals surface area contributed by atoms with E-state index in [1.165, 1.54) is 5.56 Å². The first kappa shape index (κ1) is 6.61. The summed E-state index contributed by atoms with van der Waals surface area (Å²) in [6.45, 7) is 2.06. The van der Waals surface area contributed by atoms with Gasteiger partial charge in [0.2, 0.25) is 0 Å². The Morgan fingerprint density at radius 1 is 1.45 bits per heavy atom. The van der Waals surface area contributed by atoms with Gasteiger partial charge in [0.15, 0.2) is 0 Å². The second-order valence-corrected chi connectivity index (χ2v) is 3.20. The lowest BCUT2D eigenvalue weighted by atomic mass is 10.2. The minimum Gasteiger partial charge on any atom is -0.278 e. The zero-order valence-electron chi connectivity index (χ0n) is 6.18. The maximum atomic E-state index is 3.96. The number of hydrogen-bond acceptors (Lipinski definition) is 1. The molecule has 0 aliphatic carbocycles. The lowest BCUT2D eigenvalue weighted by Gasteiger charge is -1.96. The van der Waals surface area contributed by atoms with Gasteiger partial charge in [0, 0.05) is 5.39 Å². The topological polar surface area (TPSA) is 28.7 Å². The molecule has 53 valence electrons. The van der Waals surface area contributed by atoms with E-state index in [-0.39, 0.29) is 0 Å². The smallest absolute Gasteiger partial charge is 0.0712 e. The third-order valence-electron chi connectivity index (χ3n) is 1.75. The first-order valence-corrected chi connectivity index (χ1v) is 3.93. The number of benzene rings is 1. The van der Waals surface area contributed by atoms with Crippen LogP contribution < -0.4 is 5.19 Å². The third kappa shape index (κ3) is 0.972. The van der Waals surface area contributed by atoms with Crippen LogP contribution in [0.15, 0.2) is 18.3 Å². The molecule has 1 heterocycles. The predicted octanol–water partition coefficient (Wildman–Crippen LogP) is 0.665. The number of hydrogen-bond donors (Lipinski definition) is 1. The molecule has 0 amide bonds. The standard InChI is InChI=1S/C8H7N2Si/c1-5-2-7(11)3-6-4-9-10-8(5)6/h2-4H,1H3,(H,9,10). The number of nitrogens with one attached hydrogen (secondary N) is 1. The van der Waals surface area contributed by atoms with Crippen molar-refractivity contribution in [1.82, 2.24) is 10.2 Å².